The number of nitrogens with zero attached hydrogens (tertiary/aromatic N) is 1. The molecule has 0 aliphatic carbocycles. The van der Waals surface area contributed by atoms with Crippen molar-refractivity contribution in [3.8, 4) is 12.3 Å². The molecule has 0 amide bonds. The summed E-state index contributed by atoms with van der Waals surface area (Å²) in [5.41, 5.74) is 0.533. The molecule has 4 heteroatoms. The summed E-state index contributed by atoms with van der Waals surface area (Å²) in [5.74, 6) is 2.36. The van der Waals surface area contributed by atoms with E-state index in [2.05, 4.69) is 5.92 Å². The minimum absolute atomic E-state index is 0.533. The molecule has 0 saturated heterocycles. The van der Waals surface area contributed by atoms with Crippen LogP contribution in [0.3, 0.4) is 0 Å². The zero-order valence-corrected chi connectivity index (χ0v) is 6.76. The van der Waals surface area contributed by atoms with Crippen LogP contribution >= 0.6 is 7.52 Å². The van der Waals surface area contributed by atoms with Gasteiger partial charge < -0.3 is 4.52 Å². The molecule has 1 aliphatic heterocycles. The van der Waals surface area contributed by atoms with Gasteiger partial charge in [0.05, 0.1) is 0 Å². The highest BCUT2D eigenvalue weighted by atomic mass is 31.2. The zero-order chi connectivity index (χ0) is 7.78. The van der Waals surface area contributed by atoms with E-state index in [0.29, 0.717) is 5.70 Å². The molecule has 0 aromatic rings. The van der Waals surface area contributed by atoms with E-state index in [9.17, 15) is 4.57 Å². The SMILES string of the molecule is C#CC1=COP(C)(=O)N1C. The topological polar surface area (TPSA) is 29.5 Å². The van der Waals surface area contributed by atoms with Crippen LogP contribution in [0.15, 0.2) is 12.0 Å². The number of hydrogen-bond donors (Lipinski definition) is 0. The van der Waals surface area contributed by atoms with E-state index in [1.807, 2.05) is 0 Å². The Labute approximate surface area is 60.2 Å². The molecule has 1 rings (SSSR count). The molecule has 1 atom stereocenters. The Morgan fingerprint density at radius 1 is 1.90 bits per heavy atom. The molecule has 3 nitrogen and oxygen atoms in total. The van der Waals surface area contributed by atoms with E-state index in [1.54, 1.807) is 7.05 Å². The van der Waals surface area contributed by atoms with Gasteiger partial charge in [-0.2, -0.15) is 0 Å². The van der Waals surface area contributed by atoms with Crippen LogP contribution < -0.4 is 0 Å². The predicted molar refractivity (Wildman–Crippen MR) is 39.3 cm³/mol. The van der Waals surface area contributed by atoms with Crippen molar-refractivity contribution in [2.24, 2.45) is 0 Å². The molecule has 0 fully saturated rings. The maximum atomic E-state index is 11.3. The lowest BCUT2D eigenvalue weighted by molar-refractivity contribution is 0.431. The maximum Gasteiger partial charge on any atom is 0.340 e. The van der Waals surface area contributed by atoms with Crippen LogP contribution in [0.4, 0.5) is 0 Å². The third-order valence-corrected chi connectivity index (χ3v) is 3.20. The van der Waals surface area contributed by atoms with Crippen molar-refractivity contribution < 1.29 is 9.09 Å². The fourth-order valence-corrected chi connectivity index (χ4v) is 1.55. The van der Waals surface area contributed by atoms with Gasteiger partial charge >= 0.3 is 7.52 Å². The van der Waals surface area contributed by atoms with E-state index >= 15 is 0 Å². The van der Waals surface area contributed by atoms with Gasteiger partial charge in [0.25, 0.3) is 0 Å². The molecule has 54 valence electrons. The minimum Gasteiger partial charge on any atom is -0.434 e. The van der Waals surface area contributed by atoms with Crippen molar-refractivity contribution in [2.45, 2.75) is 0 Å². The number of allylic oxidation sites excluding steroid dienone is 1. The second-order valence-corrected chi connectivity index (χ2v) is 4.50. The van der Waals surface area contributed by atoms with Crippen LogP contribution in [0.1, 0.15) is 0 Å². The van der Waals surface area contributed by atoms with Gasteiger partial charge in [0.1, 0.15) is 12.0 Å². The number of terminal acetylenes is 1. The summed E-state index contributed by atoms with van der Waals surface area (Å²) in [5, 5.41) is 0. The molecule has 0 aromatic carbocycles. The minimum atomic E-state index is -2.61. The lowest BCUT2D eigenvalue weighted by Crippen LogP contribution is -2.07. The van der Waals surface area contributed by atoms with Crippen LogP contribution in [0.25, 0.3) is 0 Å². The summed E-state index contributed by atoms with van der Waals surface area (Å²) >= 11 is 0. The first-order valence-corrected chi connectivity index (χ1v) is 4.77. The quantitative estimate of drug-likeness (QED) is 0.391. The molecule has 0 radical (unpaired) electrons. The van der Waals surface area contributed by atoms with Crippen LogP contribution in [0, 0.1) is 12.3 Å². The number of rotatable bonds is 0. The van der Waals surface area contributed by atoms with Gasteiger partial charge in [-0.3, -0.25) is 9.24 Å². The van der Waals surface area contributed by atoms with Crippen LogP contribution in [0.2, 0.25) is 0 Å². The summed E-state index contributed by atoms with van der Waals surface area (Å²) in [4.78, 5) is 0. The normalized spacial score (nSPS) is 30.9. The van der Waals surface area contributed by atoms with E-state index < -0.39 is 7.52 Å². The summed E-state index contributed by atoms with van der Waals surface area (Å²) in [6.07, 6.45) is 6.43. The fraction of sp³-hybridized carbons (Fsp3) is 0.333. The Balaban J connectivity index is 2.92. The molecule has 0 saturated carbocycles. The monoisotopic (exact) mass is 157 g/mol. The van der Waals surface area contributed by atoms with E-state index in [1.165, 1.54) is 17.6 Å². The lowest BCUT2D eigenvalue weighted by Gasteiger charge is -2.15. The van der Waals surface area contributed by atoms with Crippen LogP contribution in [-0.2, 0) is 9.09 Å². The van der Waals surface area contributed by atoms with E-state index in [0.717, 1.165) is 0 Å². The highest BCUT2D eigenvalue weighted by Crippen LogP contribution is 2.52. The van der Waals surface area contributed by atoms with Crippen LogP contribution in [0.5, 0.6) is 0 Å². The van der Waals surface area contributed by atoms with E-state index in [4.69, 9.17) is 10.9 Å². The second kappa shape index (κ2) is 2.07. The van der Waals surface area contributed by atoms with Gasteiger partial charge in [0.2, 0.25) is 0 Å². The predicted octanol–water partition coefficient (Wildman–Crippen LogP) is 1.25. The molecular formula is C6H8NO2P. The summed E-state index contributed by atoms with van der Waals surface area (Å²) in [6, 6.07) is 0. The molecule has 1 unspecified atom stereocenters. The first-order chi connectivity index (χ1) is 4.58. The smallest absolute Gasteiger partial charge is 0.340 e. The van der Waals surface area contributed by atoms with Gasteiger partial charge in [-0.25, -0.2) is 0 Å². The molecule has 0 bridgehead atoms. The maximum absolute atomic E-state index is 11.3. The second-order valence-electron chi connectivity index (χ2n) is 2.08. The van der Waals surface area contributed by atoms with E-state index in [-0.39, 0.29) is 0 Å². The van der Waals surface area contributed by atoms with Crippen molar-refractivity contribution in [1.29, 1.82) is 0 Å². The Hall–Kier alpha value is -0.870. The molecule has 0 aromatic heterocycles. The van der Waals surface area contributed by atoms with Gasteiger partial charge in [0, 0.05) is 13.7 Å². The third-order valence-electron chi connectivity index (χ3n) is 1.40. The van der Waals surface area contributed by atoms with Crippen LogP contribution in [-0.4, -0.2) is 18.4 Å². The first kappa shape index (κ1) is 7.24. The molecule has 1 heterocycles. The van der Waals surface area contributed by atoms with Crippen molar-refractivity contribution in [2.75, 3.05) is 13.7 Å². The van der Waals surface area contributed by atoms with Gasteiger partial charge in [-0.15, -0.1) is 6.42 Å². The Morgan fingerprint density at radius 2 is 2.50 bits per heavy atom. The van der Waals surface area contributed by atoms with Crippen molar-refractivity contribution in [3.63, 3.8) is 0 Å². The lowest BCUT2D eigenvalue weighted by atomic mass is 10.5. The average Bonchev–Trinajstić information content (AvgIpc) is 2.10. The Bertz CT molecular complexity index is 263. The first-order valence-electron chi connectivity index (χ1n) is 2.75. The average molecular weight is 157 g/mol. The zero-order valence-electron chi connectivity index (χ0n) is 5.87. The fourth-order valence-electron chi connectivity index (χ4n) is 0.618. The molecule has 0 spiro atoms. The molecular weight excluding hydrogens is 149 g/mol. The highest BCUT2D eigenvalue weighted by molar-refractivity contribution is 7.56. The number of hydrogen-bond acceptors (Lipinski definition) is 2. The highest BCUT2D eigenvalue weighted by Gasteiger charge is 2.29. The Kier molecular flexibility index (Phi) is 1.50. The van der Waals surface area contributed by atoms with Gasteiger partial charge in [-0.1, -0.05) is 0 Å². The largest absolute Gasteiger partial charge is 0.434 e. The molecule has 10 heavy (non-hydrogen) atoms. The summed E-state index contributed by atoms with van der Waals surface area (Å²) in [6.45, 7) is 1.52. The Morgan fingerprint density at radius 3 is 2.70 bits per heavy atom. The van der Waals surface area contributed by atoms with Crippen molar-refractivity contribution >= 4 is 7.52 Å². The van der Waals surface area contributed by atoms with Gasteiger partial charge in [0.15, 0.2) is 0 Å². The van der Waals surface area contributed by atoms with Crippen molar-refractivity contribution in [1.82, 2.24) is 4.67 Å². The standard InChI is InChI=1S/C6H8NO2P/c1-4-6-5-9-10(3,8)7(6)2/h1,5H,2-3H3. The molecule has 1 aliphatic rings. The van der Waals surface area contributed by atoms with Gasteiger partial charge in [-0.05, 0) is 5.92 Å². The summed E-state index contributed by atoms with van der Waals surface area (Å²) < 4.78 is 17.6. The third kappa shape index (κ3) is 0.913. The summed E-state index contributed by atoms with van der Waals surface area (Å²) in [7, 11) is -0.956. The van der Waals surface area contributed by atoms with Crippen molar-refractivity contribution in [3.05, 3.63) is 12.0 Å². The molecule has 0 N–H and O–H groups in total.